The lowest BCUT2D eigenvalue weighted by Gasteiger charge is -2.34. The molecule has 30 heavy (non-hydrogen) atoms. The molecule has 1 amide bonds. The molecule has 7 nitrogen and oxygen atoms in total. The summed E-state index contributed by atoms with van der Waals surface area (Å²) in [5.41, 5.74) is 3.38. The Bertz CT molecular complexity index is 1060. The number of piperazine rings is 1. The SMILES string of the molecule is O=C(c1cn[nH]c1-c1ccc(Cl)cc1)N1CCN(Cc2ccc3c(c2)OCO3)CC1. The molecule has 1 saturated heterocycles. The molecule has 0 unspecified atom stereocenters. The minimum atomic E-state index is -0.00331. The van der Waals surface area contributed by atoms with Gasteiger partial charge in [-0.15, -0.1) is 0 Å². The van der Waals surface area contributed by atoms with Crippen molar-refractivity contribution in [3.63, 3.8) is 0 Å². The predicted molar refractivity (Wildman–Crippen MR) is 113 cm³/mol. The van der Waals surface area contributed by atoms with Gasteiger partial charge < -0.3 is 14.4 Å². The van der Waals surface area contributed by atoms with Crippen LogP contribution in [0.4, 0.5) is 0 Å². The smallest absolute Gasteiger partial charge is 0.257 e. The van der Waals surface area contributed by atoms with Gasteiger partial charge in [-0.3, -0.25) is 14.8 Å². The van der Waals surface area contributed by atoms with Crippen molar-refractivity contribution in [3.8, 4) is 22.8 Å². The zero-order valence-electron chi connectivity index (χ0n) is 16.3. The molecule has 3 aromatic rings. The fourth-order valence-corrected chi connectivity index (χ4v) is 3.99. The van der Waals surface area contributed by atoms with Gasteiger partial charge in [-0.1, -0.05) is 29.8 Å². The number of amides is 1. The van der Waals surface area contributed by atoms with Crippen LogP contribution in [0.2, 0.25) is 5.02 Å². The van der Waals surface area contributed by atoms with Crippen LogP contribution in [0.5, 0.6) is 11.5 Å². The number of carbonyl (C=O) groups excluding carboxylic acids is 1. The molecule has 1 fully saturated rings. The number of hydrogen-bond donors (Lipinski definition) is 1. The number of nitrogens with one attached hydrogen (secondary N) is 1. The van der Waals surface area contributed by atoms with Crippen LogP contribution >= 0.6 is 11.6 Å². The second-order valence-electron chi connectivity index (χ2n) is 7.42. The number of ether oxygens (including phenoxy) is 2. The molecule has 2 aromatic carbocycles. The molecule has 2 aliphatic heterocycles. The Morgan fingerprint density at radius 1 is 1.03 bits per heavy atom. The fraction of sp³-hybridized carbons (Fsp3) is 0.273. The molecule has 1 N–H and O–H groups in total. The standard InChI is InChI=1S/C22H21ClN4O3/c23-17-4-2-16(3-5-17)21-18(12-24-25-21)22(28)27-9-7-26(8-10-27)13-15-1-6-19-20(11-15)30-14-29-19/h1-6,11-12H,7-10,13-14H2,(H,24,25). The molecule has 1 aromatic heterocycles. The second kappa shape index (κ2) is 8.01. The highest BCUT2D eigenvalue weighted by Gasteiger charge is 2.25. The summed E-state index contributed by atoms with van der Waals surface area (Å²) in [6.07, 6.45) is 1.60. The summed E-state index contributed by atoms with van der Waals surface area (Å²) < 4.78 is 10.8. The number of halogens is 1. The molecule has 8 heteroatoms. The first-order valence-corrected chi connectivity index (χ1v) is 10.2. The number of fused-ring (bicyclic) bond motifs is 1. The van der Waals surface area contributed by atoms with Gasteiger partial charge in [-0.2, -0.15) is 5.10 Å². The van der Waals surface area contributed by atoms with E-state index in [1.807, 2.05) is 29.2 Å². The summed E-state index contributed by atoms with van der Waals surface area (Å²) in [6, 6.07) is 13.4. The van der Waals surface area contributed by atoms with Crippen molar-refractivity contribution in [2.45, 2.75) is 6.54 Å². The molecule has 2 aliphatic rings. The van der Waals surface area contributed by atoms with Crippen molar-refractivity contribution in [1.29, 1.82) is 0 Å². The third kappa shape index (κ3) is 3.74. The van der Waals surface area contributed by atoms with E-state index in [9.17, 15) is 4.79 Å². The van der Waals surface area contributed by atoms with Crippen LogP contribution in [-0.4, -0.2) is 58.9 Å². The minimum Gasteiger partial charge on any atom is -0.454 e. The van der Waals surface area contributed by atoms with Crippen LogP contribution in [0.3, 0.4) is 0 Å². The van der Waals surface area contributed by atoms with Gasteiger partial charge in [0, 0.05) is 43.3 Å². The van der Waals surface area contributed by atoms with Crippen LogP contribution in [0.15, 0.2) is 48.7 Å². The maximum absolute atomic E-state index is 13.1. The largest absolute Gasteiger partial charge is 0.454 e. The van der Waals surface area contributed by atoms with Gasteiger partial charge in [-0.05, 0) is 29.8 Å². The van der Waals surface area contributed by atoms with Crippen LogP contribution < -0.4 is 9.47 Å². The van der Waals surface area contributed by atoms with E-state index >= 15 is 0 Å². The maximum atomic E-state index is 13.1. The summed E-state index contributed by atoms with van der Waals surface area (Å²) in [7, 11) is 0. The van der Waals surface area contributed by atoms with E-state index in [1.54, 1.807) is 18.3 Å². The molecule has 5 rings (SSSR count). The zero-order valence-corrected chi connectivity index (χ0v) is 17.1. The lowest BCUT2D eigenvalue weighted by Crippen LogP contribution is -2.48. The van der Waals surface area contributed by atoms with Gasteiger partial charge in [0.05, 0.1) is 17.5 Å². The number of nitrogens with zero attached hydrogens (tertiary/aromatic N) is 3. The second-order valence-corrected chi connectivity index (χ2v) is 7.86. The number of benzene rings is 2. The molecule has 0 aliphatic carbocycles. The quantitative estimate of drug-likeness (QED) is 0.695. The highest BCUT2D eigenvalue weighted by molar-refractivity contribution is 6.30. The molecular formula is C22H21ClN4O3. The van der Waals surface area contributed by atoms with E-state index in [0.29, 0.717) is 23.7 Å². The predicted octanol–water partition coefficient (Wildman–Crippen LogP) is 3.42. The summed E-state index contributed by atoms with van der Waals surface area (Å²) >= 11 is 5.98. The highest BCUT2D eigenvalue weighted by atomic mass is 35.5. The van der Waals surface area contributed by atoms with Crippen molar-refractivity contribution in [1.82, 2.24) is 20.0 Å². The van der Waals surface area contributed by atoms with Crippen molar-refractivity contribution >= 4 is 17.5 Å². The Morgan fingerprint density at radius 2 is 1.80 bits per heavy atom. The van der Waals surface area contributed by atoms with Gasteiger partial charge in [0.25, 0.3) is 5.91 Å². The van der Waals surface area contributed by atoms with Crippen LogP contribution in [-0.2, 0) is 6.54 Å². The van der Waals surface area contributed by atoms with E-state index in [-0.39, 0.29) is 12.7 Å². The zero-order chi connectivity index (χ0) is 20.5. The summed E-state index contributed by atoms with van der Waals surface area (Å²) in [4.78, 5) is 17.3. The fourth-order valence-electron chi connectivity index (χ4n) is 3.86. The van der Waals surface area contributed by atoms with E-state index in [0.717, 1.165) is 42.4 Å². The summed E-state index contributed by atoms with van der Waals surface area (Å²) in [5, 5.41) is 7.71. The number of carbonyl (C=O) groups is 1. The molecule has 0 radical (unpaired) electrons. The van der Waals surface area contributed by atoms with Crippen molar-refractivity contribution in [2.75, 3.05) is 33.0 Å². The Morgan fingerprint density at radius 3 is 2.60 bits per heavy atom. The number of H-pyrrole nitrogens is 1. The molecular weight excluding hydrogens is 404 g/mol. The first-order valence-electron chi connectivity index (χ1n) is 9.87. The highest BCUT2D eigenvalue weighted by Crippen LogP contribution is 2.33. The number of aromatic nitrogens is 2. The maximum Gasteiger partial charge on any atom is 0.257 e. The summed E-state index contributed by atoms with van der Waals surface area (Å²) in [5.74, 6) is 1.60. The lowest BCUT2D eigenvalue weighted by atomic mass is 10.1. The molecule has 0 saturated carbocycles. The lowest BCUT2D eigenvalue weighted by molar-refractivity contribution is 0.0629. The number of aromatic amines is 1. The third-order valence-corrected chi connectivity index (χ3v) is 5.76. The molecule has 154 valence electrons. The van der Waals surface area contributed by atoms with Crippen LogP contribution in [0.25, 0.3) is 11.3 Å². The van der Waals surface area contributed by atoms with Gasteiger partial charge >= 0.3 is 0 Å². The van der Waals surface area contributed by atoms with Crippen LogP contribution in [0, 0.1) is 0 Å². The Balaban J connectivity index is 1.22. The molecule has 0 bridgehead atoms. The first-order chi connectivity index (χ1) is 14.7. The average molecular weight is 425 g/mol. The van der Waals surface area contributed by atoms with E-state index in [2.05, 4.69) is 21.2 Å². The minimum absolute atomic E-state index is 0.00331. The molecule has 0 spiro atoms. The first kappa shape index (κ1) is 19.0. The van der Waals surface area contributed by atoms with Crippen LogP contribution in [0.1, 0.15) is 15.9 Å². The van der Waals surface area contributed by atoms with E-state index in [1.165, 1.54) is 5.56 Å². The van der Waals surface area contributed by atoms with Gasteiger partial charge in [0.2, 0.25) is 6.79 Å². The van der Waals surface area contributed by atoms with Crippen molar-refractivity contribution < 1.29 is 14.3 Å². The third-order valence-electron chi connectivity index (χ3n) is 5.51. The van der Waals surface area contributed by atoms with E-state index < -0.39 is 0 Å². The Kier molecular flexibility index (Phi) is 5.06. The monoisotopic (exact) mass is 424 g/mol. The molecule has 0 atom stereocenters. The number of rotatable bonds is 4. The number of hydrogen-bond acceptors (Lipinski definition) is 5. The van der Waals surface area contributed by atoms with Gasteiger partial charge in [0.1, 0.15) is 0 Å². The van der Waals surface area contributed by atoms with Crippen molar-refractivity contribution in [2.24, 2.45) is 0 Å². The Labute approximate surface area is 179 Å². The van der Waals surface area contributed by atoms with Gasteiger partial charge in [-0.25, -0.2) is 0 Å². The average Bonchev–Trinajstić information content (AvgIpc) is 3.44. The van der Waals surface area contributed by atoms with Gasteiger partial charge in [0.15, 0.2) is 11.5 Å². The Hall–Kier alpha value is -3.03. The summed E-state index contributed by atoms with van der Waals surface area (Å²) in [6.45, 7) is 4.08. The van der Waals surface area contributed by atoms with E-state index in [4.69, 9.17) is 21.1 Å². The van der Waals surface area contributed by atoms with Crippen molar-refractivity contribution in [3.05, 3.63) is 64.8 Å². The topological polar surface area (TPSA) is 70.7 Å². The molecule has 3 heterocycles. The normalized spacial score (nSPS) is 16.1.